The van der Waals surface area contributed by atoms with Crippen molar-refractivity contribution in [2.75, 3.05) is 34.9 Å². The molecule has 0 amide bonds. The summed E-state index contributed by atoms with van der Waals surface area (Å²) in [5.74, 6) is 3.11. The number of nitrogens with one attached hydrogen (secondary N) is 2. The first-order valence-corrected chi connectivity index (χ1v) is 8.98. The summed E-state index contributed by atoms with van der Waals surface area (Å²) < 4.78 is 15.9. The van der Waals surface area contributed by atoms with Gasteiger partial charge < -0.3 is 24.8 Å². The van der Waals surface area contributed by atoms with Crippen molar-refractivity contribution < 1.29 is 14.2 Å². The first kappa shape index (κ1) is 20.4. The van der Waals surface area contributed by atoms with Gasteiger partial charge in [-0.2, -0.15) is 0 Å². The van der Waals surface area contributed by atoms with E-state index < -0.39 is 0 Å². The standard InChI is InChI=1S/C21H29N3O3/c1-22-21(23-12-6-8-16-7-5-9-18(13-16)25-2)24-15-17-10-11-19(26-3)20(14-17)27-4/h5,7,9-11,13-14H,6,8,12,15H2,1-4H3,(H2,22,23,24). The molecule has 146 valence electrons. The van der Waals surface area contributed by atoms with Gasteiger partial charge in [0.1, 0.15) is 5.75 Å². The highest BCUT2D eigenvalue weighted by Gasteiger charge is 2.05. The third-order valence-electron chi connectivity index (χ3n) is 4.20. The molecule has 0 spiro atoms. The second-order valence-electron chi connectivity index (χ2n) is 6.00. The molecule has 0 heterocycles. The van der Waals surface area contributed by atoms with Crippen molar-refractivity contribution in [3.8, 4) is 17.2 Å². The lowest BCUT2D eigenvalue weighted by atomic mass is 10.1. The number of methoxy groups -OCH3 is 3. The van der Waals surface area contributed by atoms with Gasteiger partial charge in [-0.25, -0.2) is 0 Å². The maximum atomic E-state index is 5.34. The smallest absolute Gasteiger partial charge is 0.191 e. The quantitative estimate of drug-likeness (QED) is 0.403. The van der Waals surface area contributed by atoms with Crippen LogP contribution in [0.15, 0.2) is 47.5 Å². The Balaban J connectivity index is 1.77. The first-order valence-electron chi connectivity index (χ1n) is 8.98. The molecule has 0 radical (unpaired) electrons. The second kappa shape index (κ2) is 11.0. The van der Waals surface area contributed by atoms with Crippen molar-refractivity contribution in [3.05, 3.63) is 53.6 Å². The van der Waals surface area contributed by atoms with Gasteiger partial charge in [-0.3, -0.25) is 4.99 Å². The molecular weight excluding hydrogens is 342 g/mol. The molecule has 0 unspecified atom stereocenters. The van der Waals surface area contributed by atoms with Gasteiger partial charge in [0.25, 0.3) is 0 Å². The van der Waals surface area contributed by atoms with Gasteiger partial charge in [-0.05, 0) is 48.2 Å². The summed E-state index contributed by atoms with van der Waals surface area (Å²) in [5, 5.41) is 6.66. The molecule has 0 aliphatic heterocycles. The Morgan fingerprint density at radius 3 is 2.41 bits per heavy atom. The van der Waals surface area contributed by atoms with E-state index in [-0.39, 0.29) is 0 Å². The highest BCUT2D eigenvalue weighted by atomic mass is 16.5. The third-order valence-corrected chi connectivity index (χ3v) is 4.20. The van der Waals surface area contributed by atoms with Gasteiger partial charge in [-0.15, -0.1) is 0 Å². The summed E-state index contributed by atoms with van der Waals surface area (Å²) in [7, 11) is 6.73. The fourth-order valence-electron chi connectivity index (χ4n) is 2.72. The molecule has 2 aromatic rings. The predicted octanol–water partition coefficient (Wildman–Crippen LogP) is 3.01. The Hall–Kier alpha value is -2.89. The van der Waals surface area contributed by atoms with Crippen LogP contribution in [0, 0.1) is 0 Å². The average molecular weight is 371 g/mol. The number of guanidine groups is 1. The van der Waals surface area contributed by atoms with Crippen molar-refractivity contribution in [2.24, 2.45) is 4.99 Å². The lowest BCUT2D eigenvalue weighted by Gasteiger charge is -2.13. The summed E-state index contributed by atoms with van der Waals surface area (Å²) in [6, 6.07) is 14.0. The summed E-state index contributed by atoms with van der Waals surface area (Å²) in [4.78, 5) is 4.27. The van der Waals surface area contributed by atoms with Crippen LogP contribution in [0.3, 0.4) is 0 Å². The zero-order chi connectivity index (χ0) is 19.5. The Labute approximate surface area is 161 Å². The number of aryl methyl sites for hydroxylation is 1. The van der Waals surface area contributed by atoms with E-state index >= 15 is 0 Å². The number of hydrogen-bond acceptors (Lipinski definition) is 4. The minimum Gasteiger partial charge on any atom is -0.497 e. The highest BCUT2D eigenvalue weighted by molar-refractivity contribution is 5.79. The van der Waals surface area contributed by atoms with Crippen molar-refractivity contribution in [2.45, 2.75) is 19.4 Å². The molecule has 0 fully saturated rings. The van der Waals surface area contributed by atoms with Gasteiger partial charge in [-0.1, -0.05) is 18.2 Å². The van der Waals surface area contributed by atoms with Crippen LogP contribution in [0.4, 0.5) is 0 Å². The molecule has 27 heavy (non-hydrogen) atoms. The Morgan fingerprint density at radius 2 is 1.70 bits per heavy atom. The molecule has 2 N–H and O–H groups in total. The third kappa shape index (κ3) is 6.40. The minimum absolute atomic E-state index is 0.649. The van der Waals surface area contributed by atoms with Crippen LogP contribution in [0.2, 0.25) is 0 Å². The predicted molar refractivity (Wildman–Crippen MR) is 109 cm³/mol. The van der Waals surface area contributed by atoms with E-state index in [9.17, 15) is 0 Å². The maximum Gasteiger partial charge on any atom is 0.191 e. The van der Waals surface area contributed by atoms with Crippen LogP contribution in [-0.4, -0.2) is 40.9 Å². The van der Waals surface area contributed by atoms with Gasteiger partial charge in [0.15, 0.2) is 17.5 Å². The van der Waals surface area contributed by atoms with Gasteiger partial charge in [0.05, 0.1) is 21.3 Å². The van der Waals surface area contributed by atoms with Crippen LogP contribution >= 0.6 is 0 Å². The molecule has 6 nitrogen and oxygen atoms in total. The summed E-state index contributed by atoms with van der Waals surface area (Å²) in [6.45, 7) is 1.48. The fraction of sp³-hybridized carbons (Fsp3) is 0.381. The van der Waals surface area contributed by atoms with Crippen LogP contribution < -0.4 is 24.8 Å². The van der Waals surface area contributed by atoms with Gasteiger partial charge in [0.2, 0.25) is 0 Å². The van der Waals surface area contributed by atoms with Crippen molar-refractivity contribution in [1.82, 2.24) is 10.6 Å². The fourth-order valence-corrected chi connectivity index (χ4v) is 2.72. The van der Waals surface area contributed by atoms with Crippen LogP contribution in [0.5, 0.6) is 17.2 Å². The van der Waals surface area contributed by atoms with Gasteiger partial charge in [0, 0.05) is 20.1 Å². The molecule has 0 bridgehead atoms. The summed E-state index contributed by atoms with van der Waals surface area (Å²) in [5.41, 5.74) is 2.36. The SMILES string of the molecule is CN=C(NCCCc1cccc(OC)c1)NCc1ccc(OC)c(OC)c1. The lowest BCUT2D eigenvalue weighted by molar-refractivity contribution is 0.354. The number of ether oxygens (including phenoxy) is 3. The first-order chi connectivity index (χ1) is 13.2. The monoisotopic (exact) mass is 371 g/mol. The van der Waals surface area contributed by atoms with Crippen LogP contribution in [0.1, 0.15) is 17.5 Å². The molecule has 0 atom stereocenters. The highest BCUT2D eigenvalue weighted by Crippen LogP contribution is 2.27. The maximum absolute atomic E-state index is 5.34. The van der Waals surface area contributed by atoms with E-state index in [1.165, 1.54) is 5.56 Å². The number of benzene rings is 2. The van der Waals surface area contributed by atoms with Crippen molar-refractivity contribution >= 4 is 5.96 Å². The Bertz CT molecular complexity index is 747. The summed E-state index contributed by atoms with van der Waals surface area (Å²) >= 11 is 0. The molecule has 6 heteroatoms. The lowest BCUT2D eigenvalue weighted by Crippen LogP contribution is -2.37. The van der Waals surface area contributed by atoms with E-state index in [1.54, 1.807) is 28.4 Å². The Kier molecular flexibility index (Phi) is 8.29. The van der Waals surface area contributed by atoms with Crippen LogP contribution in [0.25, 0.3) is 0 Å². The number of rotatable bonds is 9. The van der Waals surface area contributed by atoms with E-state index in [1.807, 2.05) is 30.3 Å². The molecular formula is C21H29N3O3. The van der Waals surface area contributed by atoms with Crippen molar-refractivity contribution in [1.29, 1.82) is 0 Å². The number of hydrogen-bond donors (Lipinski definition) is 2. The number of aliphatic imine (C=N–C) groups is 1. The van der Waals surface area contributed by atoms with Crippen LogP contribution in [-0.2, 0) is 13.0 Å². The van der Waals surface area contributed by atoms with E-state index in [4.69, 9.17) is 14.2 Å². The zero-order valence-corrected chi connectivity index (χ0v) is 16.5. The average Bonchev–Trinajstić information content (AvgIpc) is 2.73. The molecule has 0 aromatic heterocycles. The molecule has 0 aliphatic rings. The largest absolute Gasteiger partial charge is 0.497 e. The minimum atomic E-state index is 0.649. The Morgan fingerprint density at radius 1 is 0.889 bits per heavy atom. The molecule has 2 rings (SSSR count). The van der Waals surface area contributed by atoms with E-state index in [0.717, 1.165) is 48.2 Å². The van der Waals surface area contributed by atoms with Crippen molar-refractivity contribution in [3.63, 3.8) is 0 Å². The topological polar surface area (TPSA) is 64.1 Å². The molecule has 0 saturated carbocycles. The van der Waals surface area contributed by atoms with E-state index in [2.05, 4.69) is 27.8 Å². The second-order valence-corrected chi connectivity index (χ2v) is 6.00. The van der Waals surface area contributed by atoms with E-state index in [0.29, 0.717) is 6.54 Å². The molecule has 2 aromatic carbocycles. The molecule has 0 aliphatic carbocycles. The summed E-state index contributed by atoms with van der Waals surface area (Å²) in [6.07, 6.45) is 1.99. The van der Waals surface area contributed by atoms with Gasteiger partial charge >= 0.3 is 0 Å². The number of nitrogens with zero attached hydrogens (tertiary/aromatic N) is 1. The molecule has 0 saturated heterocycles. The zero-order valence-electron chi connectivity index (χ0n) is 16.5. The normalized spacial score (nSPS) is 11.0.